The second-order valence-corrected chi connectivity index (χ2v) is 8.48. The van der Waals surface area contributed by atoms with Crippen LogP contribution in [0.3, 0.4) is 0 Å². The Morgan fingerprint density at radius 2 is 1.81 bits per heavy atom. The fraction of sp³-hybridized carbons (Fsp3) is 0.409. The molecule has 1 aliphatic rings. The Kier molecular flexibility index (Phi) is 7.13. The molecule has 2 N–H and O–H groups in total. The van der Waals surface area contributed by atoms with Crippen LogP contribution in [0.15, 0.2) is 36.7 Å². The van der Waals surface area contributed by atoms with Crippen LogP contribution in [-0.2, 0) is 11.3 Å². The Hall–Kier alpha value is -2.82. The van der Waals surface area contributed by atoms with Crippen LogP contribution >= 0.6 is 0 Å². The molecule has 1 aromatic carbocycles. The molecule has 2 aromatic heterocycles. The molecule has 0 radical (unpaired) electrons. The van der Waals surface area contributed by atoms with E-state index in [-0.39, 0.29) is 0 Å². The number of ether oxygens (including phenoxy) is 2. The first-order valence-corrected chi connectivity index (χ1v) is 11.6. The Balaban J connectivity index is 1.67. The third-order valence-corrected chi connectivity index (χ3v) is 6.26. The molecule has 0 aliphatic carbocycles. The minimum Gasteiger partial charge on any atom is -0.493 e. The number of nitrogens with one attached hydrogen (secondary N) is 1. The summed E-state index contributed by atoms with van der Waals surface area (Å²) < 4.78 is 33.3. The van der Waals surface area contributed by atoms with Gasteiger partial charge in [0.2, 0.25) is 11.3 Å². The Bertz CT molecular complexity index is 1090. The number of piperidine rings is 1. The van der Waals surface area contributed by atoms with Gasteiger partial charge in [-0.25, -0.2) is 18.9 Å². The van der Waals surface area contributed by atoms with Crippen LogP contribution in [0.2, 0.25) is 0 Å². The second-order valence-electron chi connectivity index (χ2n) is 7.69. The van der Waals surface area contributed by atoms with Gasteiger partial charge in [-0.15, -0.1) is 0 Å². The van der Waals surface area contributed by atoms with E-state index in [0.29, 0.717) is 29.8 Å². The van der Waals surface area contributed by atoms with E-state index in [9.17, 15) is 4.21 Å². The van der Waals surface area contributed by atoms with Gasteiger partial charge in [0.25, 0.3) is 0 Å². The molecular weight excluding hydrogens is 430 g/mol. The number of aromatic nitrogens is 3. The van der Waals surface area contributed by atoms with Gasteiger partial charge in [0.05, 0.1) is 19.7 Å². The molecule has 1 saturated heterocycles. The summed E-state index contributed by atoms with van der Waals surface area (Å²) in [6, 6.07) is 7.62. The lowest BCUT2D eigenvalue weighted by atomic mass is 9.93. The topological polar surface area (TPSA) is 110 Å². The first-order chi connectivity index (χ1) is 15.6. The van der Waals surface area contributed by atoms with Crippen molar-refractivity contribution in [3.05, 3.63) is 36.7 Å². The molecule has 0 amide bonds. The highest BCUT2D eigenvalue weighted by Crippen LogP contribution is 2.37. The smallest absolute Gasteiger partial charge is 0.231 e. The predicted octanol–water partition coefficient (Wildman–Crippen LogP) is 3.04. The Morgan fingerprint density at radius 1 is 1.12 bits per heavy atom. The molecular formula is C22H27N5O4S. The van der Waals surface area contributed by atoms with E-state index in [1.165, 1.54) is 0 Å². The summed E-state index contributed by atoms with van der Waals surface area (Å²) >= 11 is -1.95. The molecule has 32 heavy (non-hydrogen) atoms. The minimum atomic E-state index is -1.95. The molecule has 3 heterocycles. The zero-order chi connectivity index (χ0) is 22.5. The van der Waals surface area contributed by atoms with Crippen LogP contribution in [0.1, 0.15) is 19.3 Å². The quantitative estimate of drug-likeness (QED) is 0.497. The summed E-state index contributed by atoms with van der Waals surface area (Å²) in [6.45, 7) is 2.24. The average Bonchev–Trinajstić information content (AvgIpc) is 2.83. The van der Waals surface area contributed by atoms with Gasteiger partial charge in [-0.2, -0.15) is 0 Å². The zero-order valence-corrected chi connectivity index (χ0v) is 19.0. The van der Waals surface area contributed by atoms with Crippen molar-refractivity contribution in [2.24, 2.45) is 5.92 Å². The molecule has 3 aromatic rings. The van der Waals surface area contributed by atoms with E-state index in [0.717, 1.165) is 54.6 Å². The maximum absolute atomic E-state index is 10.8. The molecule has 1 aliphatic heterocycles. The summed E-state index contributed by atoms with van der Waals surface area (Å²) in [4.78, 5) is 16.1. The van der Waals surface area contributed by atoms with Crippen LogP contribution in [0.25, 0.3) is 22.3 Å². The lowest BCUT2D eigenvalue weighted by Crippen LogP contribution is -2.35. The van der Waals surface area contributed by atoms with Crippen molar-refractivity contribution in [3.63, 3.8) is 0 Å². The number of hydrogen-bond acceptors (Lipinski definition) is 7. The van der Waals surface area contributed by atoms with Crippen LogP contribution in [0.5, 0.6) is 11.5 Å². The van der Waals surface area contributed by atoms with Gasteiger partial charge in [-0.1, -0.05) is 0 Å². The minimum absolute atomic E-state index is 0.504. The average molecular weight is 458 g/mol. The van der Waals surface area contributed by atoms with Crippen molar-refractivity contribution in [3.8, 4) is 22.9 Å². The molecule has 9 nitrogen and oxygen atoms in total. The monoisotopic (exact) mass is 457 g/mol. The Labute approximate surface area is 189 Å². The molecule has 170 valence electrons. The maximum Gasteiger partial charge on any atom is 0.231 e. The molecule has 1 atom stereocenters. The van der Waals surface area contributed by atoms with E-state index in [2.05, 4.69) is 14.6 Å². The van der Waals surface area contributed by atoms with Crippen molar-refractivity contribution in [1.29, 1.82) is 0 Å². The fourth-order valence-electron chi connectivity index (χ4n) is 4.09. The SMILES string of the molecule is COc1cc2nc(-c3ccncc3)nc(N3CCC(CCNS(=O)O)CC3)c2cc1OC. The molecule has 0 saturated carbocycles. The van der Waals surface area contributed by atoms with Crippen molar-refractivity contribution < 1.29 is 18.2 Å². The summed E-state index contributed by atoms with van der Waals surface area (Å²) in [5, 5.41) is 0.913. The summed E-state index contributed by atoms with van der Waals surface area (Å²) in [7, 11) is 3.23. The number of benzene rings is 1. The number of anilines is 1. The van der Waals surface area contributed by atoms with Crippen molar-refractivity contribution in [2.75, 3.05) is 38.8 Å². The van der Waals surface area contributed by atoms with Crippen LogP contribution in [0.4, 0.5) is 5.82 Å². The van der Waals surface area contributed by atoms with E-state index in [1.807, 2.05) is 24.3 Å². The van der Waals surface area contributed by atoms with Crippen molar-refractivity contribution in [1.82, 2.24) is 19.7 Å². The number of nitrogens with zero attached hydrogens (tertiary/aromatic N) is 4. The molecule has 1 unspecified atom stereocenters. The third kappa shape index (κ3) is 4.98. The van der Waals surface area contributed by atoms with Gasteiger partial charge in [-0.3, -0.25) is 9.54 Å². The predicted molar refractivity (Wildman–Crippen MR) is 124 cm³/mol. The van der Waals surface area contributed by atoms with Crippen molar-refractivity contribution in [2.45, 2.75) is 19.3 Å². The first-order valence-electron chi connectivity index (χ1n) is 10.5. The largest absolute Gasteiger partial charge is 0.493 e. The molecule has 10 heteroatoms. The third-order valence-electron chi connectivity index (χ3n) is 5.81. The number of pyridine rings is 1. The van der Waals surface area contributed by atoms with Crippen molar-refractivity contribution >= 4 is 28.0 Å². The standard InChI is InChI=1S/C22H27N5O4S/c1-30-19-13-17-18(14-20(19)31-2)25-21(16-4-8-23-9-5-16)26-22(17)27-11-6-15(7-12-27)3-10-24-32(28)29/h4-5,8-9,13-15,24H,3,6-7,10-12H2,1-2H3,(H,28,29). The van der Waals surface area contributed by atoms with Gasteiger partial charge in [0.15, 0.2) is 17.3 Å². The van der Waals surface area contributed by atoms with Gasteiger partial charge < -0.3 is 14.4 Å². The molecule has 1 fully saturated rings. The maximum atomic E-state index is 10.8. The van der Waals surface area contributed by atoms with Gasteiger partial charge in [0, 0.05) is 49.0 Å². The van der Waals surface area contributed by atoms with Crippen LogP contribution < -0.4 is 19.1 Å². The fourth-order valence-corrected chi connectivity index (χ4v) is 4.39. The van der Waals surface area contributed by atoms with Gasteiger partial charge in [-0.05, 0) is 43.4 Å². The lowest BCUT2D eigenvalue weighted by molar-refractivity contribution is 0.355. The second kappa shape index (κ2) is 10.2. The Morgan fingerprint density at radius 3 is 2.47 bits per heavy atom. The van der Waals surface area contributed by atoms with Crippen LogP contribution in [-0.4, -0.2) is 57.6 Å². The summed E-state index contributed by atoms with van der Waals surface area (Å²) in [5.41, 5.74) is 1.69. The number of fused-ring (bicyclic) bond motifs is 1. The highest BCUT2D eigenvalue weighted by Gasteiger charge is 2.24. The highest BCUT2D eigenvalue weighted by atomic mass is 32.2. The molecule has 0 spiro atoms. The van der Waals surface area contributed by atoms with E-state index < -0.39 is 11.3 Å². The molecule has 0 bridgehead atoms. The van der Waals surface area contributed by atoms with Crippen LogP contribution in [0, 0.1) is 5.92 Å². The highest BCUT2D eigenvalue weighted by molar-refractivity contribution is 7.77. The van der Waals surface area contributed by atoms with Gasteiger partial charge >= 0.3 is 0 Å². The van der Waals surface area contributed by atoms with E-state index in [4.69, 9.17) is 24.0 Å². The molecule has 4 rings (SSSR count). The lowest BCUT2D eigenvalue weighted by Gasteiger charge is -2.33. The van der Waals surface area contributed by atoms with E-state index in [1.54, 1.807) is 26.6 Å². The number of methoxy groups -OCH3 is 2. The summed E-state index contributed by atoms with van der Waals surface area (Å²) in [5.74, 6) is 3.27. The number of hydrogen-bond donors (Lipinski definition) is 2. The zero-order valence-electron chi connectivity index (χ0n) is 18.2. The first kappa shape index (κ1) is 22.4. The van der Waals surface area contributed by atoms with E-state index >= 15 is 0 Å². The summed E-state index contributed by atoms with van der Waals surface area (Å²) in [6.07, 6.45) is 6.32. The number of rotatable bonds is 8. The normalized spacial score (nSPS) is 15.7. The van der Waals surface area contributed by atoms with Gasteiger partial charge in [0.1, 0.15) is 5.82 Å².